The molecule has 3 N–H and O–H groups in total. The van der Waals surface area contributed by atoms with Gasteiger partial charge in [-0.3, -0.25) is 4.79 Å². The van der Waals surface area contributed by atoms with Crippen LogP contribution in [0.15, 0.2) is 58.9 Å². The van der Waals surface area contributed by atoms with Crippen LogP contribution in [0.5, 0.6) is 5.75 Å². The number of nitrogens with two attached hydrogens (primary N) is 1. The molecule has 3 heterocycles. The fourth-order valence-corrected chi connectivity index (χ4v) is 7.03. The number of carbonyl (C=O) groups is 2. The highest BCUT2D eigenvalue weighted by Crippen LogP contribution is 2.40. The predicted octanol–water partition coefficient (Wildman–Crippen LogP) is 5.94. The van der Waals surface area contributed by atoms with Gasteiger partial charge in [0.15, 0.2) is 0 Å². The first kappa shape index (κ1) is 34.2. The number of nitrogens with zero attached hydrogens (tertiary/aromatic N) is 5. The number of pyridine rings is 1. The van der Waals surface area contributed by atoms with Gasteiger partial charge in [-0.15, -0.1) is 11.3 Å². The average molecular weight is 717 g/mol. The lowest BCUT2D eigenvalue weighted by molar-refractivity contribution is -0.148. The number of anilines is 1. The van der Waals surface area contributed by atoms with E-state index in [-0.39, 0.29) is 13.2 Å². The lowest BCUT2D eigenvalue weighted by Crippen LogP contribution is -2.46. The summed E-state index contributed by atoms with van der Waals surface area (Å²) < 4.78 is 18.0. The Balaban J connectivity index is 1.31. The Labute approximate surface area is 299 Å². The second-order valence-corrected chi connectivity index (χ2v) is 13.5. The minimum atomic E-state index is -0.886. The van der Waals surface area contributed by atoms with Crippen molar-refractivity contribution in [2.45, 2.75) is 49.6 Å². The fraction of sp³-hybridized carbons (Fsp3) is 0.314. The van der Waals surface area contributed by atoms with Crippen LogP contribution in [0.1, 0.15) is 43.5 Å². The van der Waals surface area contributed by atoms with Gasteiger partial charge in [0.25, 0.3) is 0 Å². The Bertz CT molecular complexity index is 1910. The summed E-state index contributed by atoms with van der Waals surface area (Å²) in [6.07, 6.45) is 1.99. The second-order valence-electron chi connectivity index (χ2n) is 11.2. The van der Waals surface area contributed by atoms with E-state index in [9.17, 15) is 20.1 Å². The van der Waals surface area contributed by atoms with Crippen molar-refractivity contribution in [2.24, 2.45) is 5.73 Å². The quantitative estimate of drug-likeness (QED) is 0.0901. The molecule has 0 radical (unpaired) electrons. The summed E-state index contributed by atoms with van der Waals surface area (Å²) in [7, 11) is 0. The van der Waals surface area contributed by atoms with Crippen LogP contribution in [0.4, 0.5) is 5.82 Å². The zero-order valence-corrected chi connectivity index (χ0v) is 29.3. The molecular weight excluding hydrogens is 682 g/mol. The van der Waals surface area contributed by atoms with Gasteiger partial charge in [0, 0.05) is 40.4 Å². The fourth-order valence-electron chi connectivity index (χ4n) is 5.09. The topological polar surface area (TPSA) is 167 Å². The van der Waals surface area contributed by atoms with Gasteiger partial charge in [0.2, 0.25) is 5.91 Å². The van der Waals surface area contributed by atoms with Crippen LogP contribution in [-0.4, -0.2) is 60.2 Å². The maximum absolute atomic E-state index is 12.2. The number of thiazole rings is 1. The molecule has 4 aromatic rings. The van der Waals surface area contributed by atoms with E-state index in [1.807, 2.05) is 29.6 Å². The normalized spacial score (nSPS) is 13.9. The van der Waals surface area contributed by atoms with Crippen LogP contribution < -0.4 is 20.7 Å². The number of rotatable bonds is 14. The van der Waals surface area contributed by atoms with Crippen molar-refractivity contribution in [1.29, 1.82) is 10.5 Å². The van der Waals surface area contributed by atoms with Gasteiger partial charge < -0.3 is 25.4 Å². The molecular formula is C35H34ClN7O4S2. The van der Waals surface area contributed by atoms with Gasteiger partial charge in [0.1, 0.15) is 60.0 Å². The van der Waals surface area contributed by atoms with Crippen LogP contribution in [0, 0.1) is 22.7 Å². The van der Waals surface area contributed by atoms with Gasteiger partial charge in [0.05, 0.1) is 17.3 Å². The van der Waals surface area contributed by atoms with Gasteiger partial charge in [-0.05, 0) is 56.5 Å². The summed E-state index contributed by atoms with van der Waals surface area (Å²) in [6, 6.07) is 17.6. The first-order valence-electron chi connectivity index (χ1n) is 16.1. The number of amides is 1. The number of esters is 1. The van der Waals surface area contributed by atoms with Crippen molar-refractivity contribution >= 4 is 52.4 Å². The minimum Gasteiger partial charge on any atom is -0.490 e. The number of benzene rings is 2. The van der Waals surface area contributed by atoms with Crippen LogP contribution in [0.2, 0.25) is 6.43 Å². The molecule has 2 aromatic heterocycles. The molecule has 0 spiro atoms. The number of nitrogens with one attached hydrogen (secondary N) is 1. The number of halogens is 1. The highest BCUT2D eigenvalue weighted by atomic mass is 35.5. The summed E-state index contributed by atoms with van der Waals surface area (Å²) in [6.45, 7) is 4.57. The van der Waals surface area contributed by atoms with Gasteiger partial charge in [-0.1, -0.05) is 47.6 Å². The van der Waals surface area contributed by atoms with Crippen LogP contribution in [0.25, 0.3) is 21.7 Å². The van der Waals surface area contributed by atoms with Crippen molar-refractivity contribution in [2.75, 3.05) is 31.2 Å². The van der Waals surface area contributed by atoms with E-state index < -0.39 is 24.0 Å². The summed E-state index contributed by atoms with van der Waals surface area (Å²) in [5, 5.41) is 27.3. The lowest BCUT2D eigenvalue weighted by atomic mass is 9.96. The summed E-state index contributed by atoms with van der Waals surface area (Å²) >= 11 is 9.00. The number of ether oxygens (including phenoxy) is 2. The first-order valence-corrected chi connectivity index (χ1v) is 17.8. The van der Waals surface area contributed by atoms with Gasteiger partial charge >= 0.3 is 5.97 Å². The smallest absolute Gasteiger partial charge is 0.328 e. The number of aromatic nitrogens is 2. The lowest BCUT2D eigenvalue weighted by Gasteiger charge is -2.22. The molecule has 252 valence electrons. The second kappa shape index (κ2) is 16.6. The number of nitriles is 2. The Morgan fingerprint density at radius 1 is 1.06 bits per heavy atom. The molecule has 1 saturated heterocycles. The van der Waals surface area contributed by atoms with E-state index in [1.54, 1.807) is 24.3 Å². The van der Waals surface area contributed by atoms with E-state index in [2.05, 4.69) is 28.1 Å². The Hall–Kier alpha value is -4.66. The molecule has 1 fully saturated rings. The van der Waals surface area contributed by atoms with E-state index in [0.29, 0.717) is 49.6 Å². The van der Waals surface area contributed by atoms with Gasteiger partial charge in [-0.2, -0.15) is 10.5 Å². The SMILES string of the molecule is [2H]N[C@@H](C)C(=O)N[C@@H](C)C(=O)OCCOc1ccc(-c2c(C#N)c(SCc3csc(-c4ccc(Cl)cc4)n3)nc(N3CCCC3)c2C#N)cc1. The van der Waals surface area contributed by atoms with E-state index in [1.165, 1.54) is 36.9 Å². The minimum absolute atomic E-state index is 0.0471. The molecule has 0 unspecified atom stereocenters. The monoisotopic (exact) mass is 716 g/mol. The number of carbonyl (C=O) groups excluding carboxylic acids is 2. The standard InChI is InChI=1S/C35H34ClN7O4S2/c1-21(39)32(44)40-22(2)35(45)47-16-15-46-27-11-7-23(8-12-27)30-28(17-37)31(43-13-3-4-14-43)42-34(29(30)18-38)49-20-26-19-48-33(41-26)24-5-9-25(36)10-6-24/h5-12,19,21-22H,3-4,13-16,20,39H2,1-2H3,(H,40,44)/t21-,22-/m0/s1/i/hD. The Morgan fingerprint density at radius 2 is 1.76 bits per heavy atom. The highest BCUT2D eigenvalue weighted by molar-refractivity contribution is 7.98. The maximum atomic E-state index is 12.2. The molecule has 2 atom stereocenters. The molecule has 0 saturated carbocycles. The van der Waals surface area contributed by atoms with Crippen molar-refractivity contribution in [3.8, 4) is 39.6 Å². The molecule has 0 aliphatic carbocycles. The Morgan fingerprint density at radius 3 is 2.43 bits per heavy atom. The first-order chi connectivity index (χ1) is 24.2. The molecule has 1 aliphatic heterocycles. The summed E-state index contributed by atoms with van der Waals surface area (Å²) in [5.41, 5.74) is 5.74. The van der Waals surface area contributed by atoms with Crippen LogP contribution in [0.3, 0.4) is 0 Å². The van der Waals surface area contributed by atoms with E-state index in [4.69, 9.17) is 32.5 Å². The predicted molar refractivity (Wildman–Crippen MR) is 190 cm³/mol. The van der Waals surface area contributed by atoms with Crippen molar-refractivity contribution in [3.05, 3.63) is 75.8 Å². The maximum Gasteiger partial charge on any atom is 0.328 e. The highest BCUT2D eigenvalue weighted by Gasteiger charge is 2.26. The molecule has 1 aliphatic rings. The van der Waals surface area contributed by atoms with Crippen molar-refractivity contribution in [3.63, 3.8) is 0 Å². The summed E-state index contributed by atoms with van der Waals surface area (Å²) in [5.74, 6) is 0.442. The third kappa shape index (κ3) is 8.88. The number of hydrogen-bond donors (Lipinski definition) is 2. The molecule has 14 heteroatoms. The van der Waals surface area contributed by atoms with E-state index >= 15 is 0 Å². The van der Waals surface area contributed by atoms with E-state index in [0.717, 1.165) is 42.2 Å². The number of hydrogen-bond acceptors (Lipinski definition) is 12. The van der Waals surface area contributed by atoms with Crippen LogP contribution in [-0.2, 0) is 20.1 Å². The molecule has 1 amide bonds. The molecule has 49 heavy (non-hydrogen) atoms. The molecule has 5 rings (SSSR count). The average Bonchev–Trinajstić information content (AvgIpc) is 3.85. The summed E-state index contributed by atoms with van der Waals surface area (Å²) in [4.78, 5) is 35.9. The zero-order chi connectivity index (χ0) is 35.6. The van der Waals surface area contributed by atoms with Crippen molar-refractivity contribution < 1.29 is 20.5 Å². The van der Waals surface area contributed by atoms with Gasteiger partial charge in [-0.25, -0.2) is 14.8 Å². The van der Waals surface area contributed by atoms with Crippen molar-refractivity contribution in [1.82, 2.24) is 15.3 Å². The third-order valence-corrected chi connectivity index (χ3v) is 9.82. The largest absolute Gasteiger partial charge is 0.490 e. The molecule has 2 aromatic carbocycles. The zero-order valence-electron chi connectivity index (χ0n) is 27.9. The third-order valence-electron chi connectivity index (χ3n) is 7.62. The molecule has 0 bridgehead atoms. The number of thioether (sulfide) groups is 1. The Kier molecular flexibility index (Phi) is 11.6. The molecule has 11 nitrogen and oxygen atoms in total. The van der Waals surface area contributed by atoms with Crippen LogP contribution >= 0.6 is 34.7 Å².